The van der Waals surface area contributed by atoms with Crippen LogP contribution in [-0.2, 0) is 4.79 Å². The zero-order valence-electron chi connectivity index (χ0n) is 18.6. The molecule has 0 radical (unpaired) electrons. The number of carbonyl (C=O) groups excluding carboxylic acids is 3. The van der Waals surface area contributed by atoms with Gasteiger partial charge in [-0.1, -0.05) is 5.57 Å². The van der Waals surface area contributed by atoms with Crippen molar-refractivity contribution in [1.29, 1.82) is 0 Å². The van der Waals surface area contributed by atoms with Gasteiger partial charge in [0.25, 0.3) is 5.91 Å². The Kier molecular flexibility index (Phi) is 7.51. The lowest BCUT2D eigenvalue weighted by Crippen LogP contribution is -2.36. The molecule has 3 rings (SSSR count). The standard InChI is InChI=1S/C25H27FN2O4/c1-16(2)32-24-5-4-19(10-17(24)3)25(31)28-8-6-18(7-9-28)11-22(29)13-23(30)20-12-21(26)15-27-14-20/h4-5,10-12,14-16H,6-9,13H2,1-3H3. The van der Waals surface area contributed by atoms with Gasteiger partial charge in [0, 0.05) is 30.4 Å². The number of hydrogen-bond donors (Lipinski definition) is 0. The van der Waals surface area contributed by atoms with Crippen LogP contribution in [0.4, 0.5) is 4.39 Å². The van der Waals surface area contributed by atoms with Crippen molar-refractivity contribution in [3.8, 4) is 5.75 Å². The van der Waals surface area contributed by atoms with Gasteiger partial charge in [-0.15, -0.1) is 0 Å². The molecule has 1 aliphatic heterocycles. The van der Waals surface area contributed by atoms with E-state index < -0.39 is 11.6 Å². The van der Waals surface area contributed by atoms with Gasteiger partial charge in [-0.3, -0.25) is 19.4 Å². The van der Waals surface area contributed by atoms with Crippen LogP contribution in [0.1, 0.15) is 59.4 Å². The number of hydrogen-bond acceptors (Lipinski definition) is 5. The Morgan fingerprint density at radius 1 is 1.12 bits per heavy atom. The summed E-state index contributed by atoms with van der Waals surface area (Å²) >= 11 is 0. The predicted octanol–water partition coefficient (Wildman–Crippen LogP) is 4.32. The molecular weight excluding hydrogens is 411 g/mol. The molecule has 0 atom stereocenters. The third-order valence-corrected chi connectivity index (χ3v) is 5.20. The molecule has 1 aromatic carbocycles. The molecule has 0 N–H and O–H groups in total. The van der Waals surface area contributed by atoms with Gasteiger partial charge in [0.1, 0.15) is 11.6 Å². The van der Waals surface area contributed by atoms with Gasteiger partial charge in [-0.25, -0.2) is 4.39 Å². The first-order chi connectivity index (χ1) is 15.2. The number of nitrogens with zero attached hydrogens (tertiary/aromatic N) is 2. The van der Waals surface area contributed by atoms with Crippen molar-refractivity contribution in [3.05, 3.63) is 70.8 Å². The van der Waals surface area contributed by atoms with E-state index in [4.69, 9.17) is 4.74 Å². The highest BCUT2D eigenvalue weighted by atomic mass is 19.1. The molecule has 1 saturated heterocycles. The Morgan fingerprint density at radius 3 is 2.47 bits per heavy atom. The lowest BCUT2D eigenvalue weighted by molar-refractivity contribution is -0.113. The number of aromatic nitrogens is 1. The van der Waals surface area contributed by atoms with Crippen molar-refractivity contribution >= 4 is 17.5 Å². The van der Waals surface area contributed by atoms with Crippen LogP contribution in [0.2, 0.25) is 0 Å². The lowest BCUT2D eigenvalue weighted by Gasteiger charge is -2.28. The highest BCUT2D eigenvalue weighted by Gasteiger charge is 2.22. The van der Waals surface area contributed by atoms with Crippen molar-refractivity contribution in [3.63, 3.8) is 0 Å². The second kappa shape index (κ2) is 10.3. The van der Waals surface area contributed by atoms with E-state index in [1.165, 1.54) is 12.3 Å². The SMILES string of the molecule is Cc1cc(C(=O)N2CCC(=CC(=O)CC(=O)c3cncc(F)c3)CC2)ccc1OC(C)C. The summed E-state index contributed by atoms with van der Waals surface area (Å²) in [6.07, 6.45) is 4.60. The molecule has 32 heavy (non-hydrogen) atoms. The molecule has 6 nitrogen and oxygen atoms in total. The average Bonchev–Trinajstić information content (AvgIpc) is 2.75. The minimum absolute atomic E-state index is 0.0524. The number of Topliss-reactive ketones (excluding diaryl/α,β-unsaturated/α-hetero) is 1. The summed E-state index contributed by atoms with van der Waals surface area (Å²) in [7, 11) is 0. The number of rotatable bonds is 7. The maximum Gasteiger partial charge on any atom is 0.253 e. The minimum Gasteiger partial charge on any atom is -0.491 e. The number of benzene rings is 1. The summed E-state index contributed by atoms with van der Waals surface area (Å²) in [4.78, 5) is 42.7. The molecule has 0 spiro atoms. The molecule has 2 heterocycles. The molecular formula is C25H27FN2O4. The number of likely N-dealkylation sites (tertiary alicyclic amines) is 1. The molecule has 0 aliphatic carbocycles. The Bertz CT molecular complexity index is 1050. The molecule has 0 unspecified atom stereocenters. The van der Waals surface area contributed by atoms with E-state index in [-0.39, 0.29) is 29.8 Å². The second-order valence-corrected chi connectivity index (χ2v) is 8.20. The van der Waals surface area contributed by atoms with Crippen LogP contribution in [0.25, 0.3) is 0 Å². The molecule has 1 amide bonds. The molecule has 7 heteroatoms. The number of pyridine rings is 1. The smallest absolute Gasteiger partial charge is 0.253 e. The third kappa shape index (κ3) is 6.09. The van der Waals surface area contributed by atoms with Gasteiger partial charge in [0.05, 0.1) is 18.7 Å². The summed E-state index contributed by atoms with van der Waals surface area (Å²) in [5, 5.41) is 0. The van der Waals surface area contributed by atoms with Gasteiger partial charge in [-0.05, 0) is 69.5 Å². The summed E-state index contributed by atoms with van der Waals surface area (Å²) in [5.41, 5.74) is 2.50. The number of amides is 1. The van der Waals surface area contributed by atoms with Gasteiger partial charge in [0.2, 0.25) is 0 Å². The summed E-state index contributed by atoms with van der Waals surface area (Å²) in [6.45, 7) is 6.83. The first kappa shape index (κ1) is 23.3. The fourth-order valence-electron chi connectivity index (χ4n) is 3.60. The Morgan fingerprint density at radius 2 is 1.84 bits per heavy atom. The number of allylic oxidation sites excluding steroid dienone is 1. The number of ketones is 2. The van der Waals surface area contributed by atoms with Gasteiger partial charge >= 0.3 is 0 Å². The van der Waals surface area contributed by atoms with Crippen LogP contribution in [0, 0.1) is 12.7 Å². The maximum absolute atomic E-state index is 13.2. The largest absolute Gasteiger partial charge is 0.491 e. The van der Waals surface area contributed by atoms with E-state index in [2.05, 4.69) is 4.98 Å². The molecule has 1 aromatic heterocycles. The molecule has 168 valence electrons. The van der Waals surface area contributed by atoms with Gasteiger partial charge in [-0.2, -0.15) is 0 Å². The highest BCUT2D eigenvalue weighted by molar-refractivity contribution is 6.11. The Balaban J connectivity index is 1.55. The fraction of sp³-hybridized carbons (Fsp3) is 0.360. The summed E-state index contributed by atoms with van der Waals surface area (Å²) < 4.78 is 18.9. The van der Waals surface area contributed by atoms with Crippen molar-refractivity contribution in [2.45, 2.75) is 46.1 Å². The van der Waals surface area contributed by atoms with Crippen molar-refractivity contribution in [2.24, 2.45) is 0 Å². The quantitative estimate of drug-likeness (QED) is 0.366. The van der Waals surface area contributed by atoms with E-state index in [1.54, 1.807) is 11.0 Å². The first-order valence-corrected chi connectivity index (χ1v) is 10.7. The van der Waals surface area contributed by atoms with Crippen LogP contribution >= 0.6 is 0 Å². The number of ether oxygens (including phenoxy) is 1. The molecule has 1 fully saturated rings. The number of carbonyl (C=O) groups is 3. The van der Waals surface area contributed by atoms with Crippen molar-refractivity contribution < 1.29 is 23.5 Å². The van der Waals surface area contributed by atoms with E-state index in [0.717, 1.165) is 29.1 Å². The number of piperidine rings is 1. The first-order valence-electron chi connectivity index (χ1n) is 10.7. The van der Waals surface area contributed by atoms with E-state index in [9.17, 15) is 18.8 Å². The topological polar surface area (TPSA) is 76.6 Å². The Labute approximate surface area is 187 Å². The van der Waals surface area contributed by atoms with Crippen LogP contribution in [0.3, 0.4) is 0 Å². The van der Waals surface area contributed by atoms with E-state index in [1.807, 2.05) is 32.9 Å². The summed E-state index contributed by atoms with van der Waals surface area (Å²) in [6, 6.07) is 6.50. The van der Waals surface area contributed by atoms with Crippen LogP contribution in [0.15, 0.2) is 48.3 Å². The van der Waals surface area contributed by atoms with Crippen LogP contribution in [0.5, 0.6) is 5.75 Å². The Hall–Kier alpha value is -3.35. The molecule has 1 aliphatic rings. The number of halogens is 1. The van der Waals surface area contributed by atoms with E-state index in [0.29, 0.717) is 31.5 Å². The fourth-order valence-corrected chi connectivity index (χ4v) is 3.60. The molecule has 2 aromatic rings. The van der Waals surface area contributed by atoms with Crippen molar-refractivity contribution in [2.75, 3.05) is 13.1 Å². The van der Waals surface area contributed by atoms with Crippen LogP contribution in [-0.4, -0.2) is 46.6 Å². The lowest BCUT2D eigenvalue weighted by atomic mass is 9.99. The monoisotopic (exact) mass is 438 g/mol. The van der Waals surface area contributed by atoms with Gasteiger partial charge < -0.3 is 9.64 Å². The maximum atomic E-state index is 13.2. The zero-order valence-corrected chi connectivity index (χ0v) is 18.6. The van der Waals surface area contributed by atoms with Gasteiger partial charge in [0.15, 0.2) is 11.6 Å². The summed E-state index contributed by atoms with van der Waals surface area (Å²) in [5.74, 6) is -0.695. The number of aryl methyl sites for hydroxylation is 1. The highest BCUT2D eigenvalue weighted by Crippen LogP contribution is 2.23. The normalized spacial score (nSPS) is 13.8. The second-order valence-electron chi connectivity index (χ2n) is 8.20. The molecule has 0 bridgehead atoms. The molecule has 0 saturated carbocycles. The van der Waals surface area contributed by atoms with Crippen molar-refractivity contribution in [1.82, 2.24) is 9.88 Å². The average molecular weight is 438 g/mol. The van der Waals surface area contributed by atoms with E-state index >= 15 is 0 Å². The predicted molar refractivity (Wildman–Crippen MR) is 118 cm³/mol. The minimum atomic E-state index is -0.615. The zero-order chi connectivity index (χ0) is 23.3. The van der Waals surface area contributed by atoms with Crippen LogP contribution < -0.4 is 4.74 Å². The third-order valence-electron chi connectivity index (χ3n) is 5.20.